The first-order valence-corrected chi connectivity index (χ1v) is 8.76. The Kier molecular flexibility index (Phi) is 4.49. The summed E-state index contributed by atoms with van der Waals surface area (Å²) >= 11 is 0. The van der Waals surface area contributed by atoms with Gasteiger partial charge < -0.3 is 14.1 Å². The highest BCUT2D eigenvalue weighted by molar-refractivity contribution is 7.89. The van der Waals surface area contributed by atoms with Crippen LogP contribution in [0.15, 0.2) is 44.4 Å². The summed E-state index contributed by atoms with van der Waals surface area (Å²) in [5.41, 5.74) is -0.113. The zero-order valence-corrected chi connectivity index (χ0v) is 13.5. The van der Waals surface area contributed by atoms with Crippen molar-refractivity contribution >= 4 is 21.0 Å². The zero-order valence-electron chi connectivity index (χ0n) is 12.7. The molecule has 1 aromatic heterocycles. The van der Waals surface area contributed by atoms with Crippen LogP contribution in [0.25, 0.3) is 11.0 Å². The molecule has 1 fully saturated rings. The summed E-state index contributed by atoms with van der Waals surface area (Å²) < 4.78 is 37.9. The Morgan fingerprint density at radius 3 is 2.91 bits per heavy atom. The maximum Gasteiger partial charge on any atom is 0.336 e. The van der Waals surface area contributed by atoms with E-state index in [9.17, 15) is 13.2 Å². The average molecular weight is 338 g/mol. The molecule has 1 atom stereocenters. The van der Waals surface area contributed by atoms with Crippen LogP contribution in [-0.2, 0) is 14.8 Å². The molecule has 0 amide bonds. The van der Waals surface area contributed by atoms with Crippen LogP contribution in [0.1, 0.15) is 0 Å². The fourth-order valence-electron chi connectivity index (χ4n) is 2.49. The highest BCUT2D eigenvalue weighted by atomic mass is 32.2. The van der Waals surface area contributed by atoms with Crippen LogP contribution in [0.3, 0.4) is 0 Å². The van der Waals surface area contributed by atoms with Crippen molar-refractivity contribution in [2.45, 2.75) is 11.0 Å². The minimum absolute atomic E-state index is 0.128. The molecule has 8 heteroatoms. The molecule has 0 radical (unpaired) electrons. The second-order valence-corrected chi connectivity index (χ2v) is 7.33. The standard InChI is InChI=1S/C15H18N2O5S/c1-17-6-7-21-12(10-17)9-16-23(19,20)13-3-4-14-11(8-13)2-5-15(18)22-14/h2-5,8,12,16H,6-7,9-10H2,1H3/t12-/m1/s1. The molecule has 23 heavy (non-hydrogen) atoms. The van der Waals surface area contributed by atoms with E-state index >= 15 is 0 Å². The minimum Gasteiger partial charge on any atom is -0.423 e. The minimum atomic E-state index is -3.65. The van der Waals surface area contributed by atoms with Gasteiger partial charge in [-0.15, -0.1) is 0 Å². The second-order valence-electron chi connectivity index (χ2n) is 5.56. The van der Waals surface area contributed by atoms with Crippen LogP contribution in [0, 0.1) is 0 Å². The van der Waals surface area contributed by atoms with E-state index in [4.69, 9.17) is 9.15 Å². The molecule has 3 rings (SSSR count). The van der Waals surface area contributed by atoms with E-state index < -0.39 is 15.6 Å². The molecule has 0 spiro atoms. The predicted molar refractivity (Wildman–Crippen MR) is 84.9 cm³/mol. The number of fused-ring (bicyclic) bond motifs is 1. The number of benzene rings is 1. The Morgan fingerprint density at radius 2 is 2.13 bits per heavy atom. The van der Waals surface area contributed by atoms with Gasteiger partial charge in [-0.3, -0.25) is 0 Å². The lowest BCUT2D eigenvalue weighted by Crippen LogP contribution is -2.45. The fourth-order valence-corrected chi connectivity index (χ4v) is 3.59. The number of likely N-dealkylation sites (N-methyl/N-ethyl adjacent to an activating group) is 1. The van der Waals surface area contributed by atoms with E-state index in [-0.39, 0.29) is 17.5 Å². The molecule has 124 valence electrons. The second kappa shape index (κ2) is 6.40. The quantitative estimate of drug-likeness (QED) is 0.812. The fraction of sp³-hybridized carbons (Fsp3) is 0.400. The third-order valence-electron chi connectivity index (χ3n) is 3.74. The molecule has 1 aliphatic heterocycles. The summed E-state index contributed by atoms with van der Waals surface area (Å²) in [5, 5.41) is 0.557. The number of rotatable bonds is 4. The molecular weight excluding hydrogens is 320 g/mol. The Balaban J connectivity index is 1.76. The van der Waals surface area contributed by atoms with Crippen LogP contribution in [-0.4, -0.2) is 52.7 Å². The lowest BCUT2D eigenvalue weighted by Gasteiger charge is -2.30. The van der Waals surface area contributed by atoms with Gasteiger partial charge in [0.2, 0.25) is 10.0 Å². The number of morpholine rings is 1. The molecule has 1 N–H and O–H groups in total. The Hall–Kier alpha value is -1.74. The summed E-state index contributed by atoms with van der Waals surface area (Å²) in [6.07, 6.45) is -0.165. The first-order valence-electron chi connectivity index (χ1n) is 7.28. The molecule has 0 bridgehead atoms. The first kappa shape index (κ1) is 16.1. The number of nitrogens with zero attached hydrogens (tertiary/aromatic N) is 1. The van der Waals surface area contributed by atoms with Crippen LogP contribution < -0.4 is 10.3 Å². The van der Waals surface area contributed by atoms with Gasteiger partial charge in [0.25, 0.3) is 0 Å². The summed E-state index contributed by atoms with van der Waals surface area (Å²) in [5.74, 6) is 0. The van der Waals surface area contributed by atoms with Crippen molar-refractivity contribution in [2.75, 3.05) is 33.3 Å². The van der Waals surface area contributed by atoms with Crippen LogP contribution in [0.4, 0.5) is 0 Å². The Bertz CT molecular complexity index is 862. The first-order chi connectivity index (χ1) is 10.9. The van der Waals surface area contributed by atoms with E-state index in [0.717, 1.165) is 6.54 Å². The summed E-state index contributed by atoms with van der Waals surface area (Å²) in [4.78, 5) is 13.4. The van der Waals surface area contributed by atoms with E-state index in [0.29, 0.717) is 24.1 Å². The smallest absolute Gasteiger partial charge is 0.336 e. The lowest BCUT2D eigenvalue weighted by molar-refractivity contribution is -0.0156. The maximum absolute atomic E-state index is 12.4. The molecule has 2 heterocycles. The summed E-state index contributed by atoms with van der Waals surface area (Å²) in [6, 6.07) is 7.18. The molecule has 0 saturated carbocycles. The predicted octanol–water partition coefficient (Wildman–Crippen LogP) is 0.402. The van der Waals surface area contributed by atoms with Crippen molar-refractivity contribution in [3.63, 3.8) is 0 Å². The van der Waals surface area contributed by atoms with Gasteiger partial charge in [-0.05, 0) is 31.3 Å². The van der Waals surface area contributed by atoms with Crippen molar-refractivity contribution in [2.24, 2.45) is 0 Å². The molecule has 2 aromatic rings. The van der Waals surface area contributed by atoms with E-state index in [1.165, 1.54) is 24.3 Å². The number of hydrogen-bond donors (Lipinski definition) is 1. The zero-order chi connectivity index (χ0) is 16.4. The lowest BCUT2D eigenvalue weighted by atomic mass is 10.2. The summed E-state index contributed by atoms with van der Waals surface area (Å²) in [6.45, 7) is 2.34. The topological polar surface area (TPSA) is 88.8 Å². The summed E-state index contributed by atoms with van der Waals surface area (Å²) in [7, 11) is -1.67. The van der Waals surface area contributed by atoms with Crippen molar-refractivity contribution in [1.82, 2.24) is 9.62 Å². The van der Waals surface area contributed by atoms with Gasteiger partial charge in [0.1, 0.15) is 5.58 Å². The SMILES string of the molecule is CN1CCO[C@H](CNS(=O)(=O)c2ccc3oc(=O)ccc3c2)C1. The van der Waals surface area contributed by atoms with Gasteiger partial charge >= 0.3 is 5.63 Å². The third-order valence-corrected chi connectivity index (χ3v) is 5.17. The van der Waals surface area contributed by atoms with Gasteiger partial charge in [-0.25, -0.2) is 17.9 Å². The Morgan fingerprint density at radius 1 is 1.30 bits per heavy atom. The van der Waals surface area contributed by atoms with Gasteiger partial charge in [0.15, 0.2) is 0 Å². The van der Waals surface area contributed by atoms with Crippen LogP contribution in [0.5, 0.6) is 0 Å². The Labute approximate surface area is 133 Å². The largest absolute Gasteiger partial charge is 0.423 e. The molecule has 7 nitrogen and oxygen atoms in total. The third kappa shape index (κ3) is 3.78. The molecule has 1 aliphatic rings. The van der Waals surface area contributed by atoms with Gasteiger partial charge in [0.05, 0.1) is 17.6 Å². The van der Waals surface area contributed by atoms with Crippen molar-refractivity contribution in [3.8, 4) is 0 Å². The molecule has 1 saturated heterocycles. The van der Waals surface area contributed by atoms with Crippen LogP contribution >= 0.6 is 0 Å². The molecule has 1 aromatic carbocycles. The number of sulfonamides is 1. The average Bonchev–Trinajstić information content (AvgIpc) is 2.52. The van der Waals surface area contributed by atoms with Crippen LogP contribution in [0.2, 0.25) is 0 Å². The number of nitrogens with one attached hydrogen (secondary N) is 1. The van der Waals surface area contributed by atoms with Crippen molar-refractivity contribution < 1.29 is 17.6 Å². The van der Waals surface area contributed by atoms with Crippen molar-refractivity contribution in [3.05, 3.63) is 40.8 Å². The highest BCUT2D eigenvalue weighted by Crippen LogP contribution is 2.17. The molecule has 0 aliphatic carbocycles. The number of hydrogen-bond acceptors (Lipinski definition) is 6. The molecular formula is C15H18N2O5S. The van der Waals surface area contributed by atoms with E-state index in [1.54, 1.807) is 6.07 Å². The van der Waals surface area contributed by atoms with Gasteiger partial charge in [0, 0.05) is 31.1 Å². The molecule has 0 unspecified atom stereocenters. The highest BCUT2D eigenvalue weighted by Gasteiger charge is 2.21. The van der Waals surface area contributed by atoms with E-state index in [2.05, 4.69) is 9.62 Å². The van der Waals surface area contributed by atoms with Crippen molar-refractivity contribution in [1.29, 1.82) is 0 Å². The van der Waals surface area contributed by atoms with E-state index in [1.807, 2.05) is 7.05 Å². The number of ether oxygens (including phenoxy) is 1. The normalized spacial score (nSPS) is 20.0. The maximum atomic E-state index is 12.4. The van der Waals surface area contributed by atoms with Gasteiger partial charge in [-0.2, -0.15) is 0 Å². The monoisotopic (exact) mass is 338 g/mol. The van der Waals surface area contributed by atoms with Gasteiger partial charge in [-0.1, -0.05) is 0 Å².